The molecule has 0 aromatic carbocycles. The average molecular weight is 314 g/mol. The molecule has 0 aromatic heterocycles. The molecule has 0 aromatic rings. The van der Waals surface area contributed by atoms with Crippen molar-refractivity contribution in [3.63, 3.8) is 0 Å². The number of hydrogen-bond donors (Lipinski definition) is 0. The van der Waals surface area contributed by atoms with Gasteiger partial charge in [-0.15, -0.1) is 0 Å². The maximum atomic E-state index is 11.8. The van der Waals surface area contributed by atoms with Crippen molar-refractivity contribution in [2.45, 2.75) is 45.8 Å². The third kappa shape index (κ3) is 4.98. The van der Waals surface area contributed by atoms with Crippen LogP contribution in [0.5, 0.6) is 0 Å². The number of imide groups is 1. The number of amides is 3. The first kappa shape index (κ1) is 18.4. The van der Waals surface area contributed by atoms with Gasteiger partial charge in [0.05, 0.1) is 12.5 Å². The summed E-state index contributed by atoms with van der Waals surface area (Å²) < 4.78 is 10.6. The normalized spacial score (nSPS) is 20.5. The lowest BCUT2D eigenvalue weighted by Crippen LogP contribution is -2.55. The predicted octanol–water partition coefficient (Wildman–Crippen LogP) is 1.26. The molecule has 0 bridgehead atoms. The number of carbonyl (C=O) groups is 3. The van der Waals surface area contributed by atoms with Crippen LogP contribution in [0, 0.1) is 5.92 Å². The van der Waals surface area contributed by atoms with Crippen LogP contribution >= 0.6 is 0 Å². The van der Waals surface area contributed by atoms with Gasteiger partial charge in [-0.2, -0.15) is 0 Å². The molecule has 1 saturated heterocycles. The molecular weight excluding hydrogens is 288 g/mol. The molecule has 0 aliphatic carbocycles. The molecule has 22 heavy (non-hydrogen) atoms. The highest BCUT2D eigenvalue weighted by atomic mass is 16.6. The summed E-state index contributed by atoms with van der Waals surface area (Å²) in [6.07, 6.45) is 0.370. The maximum absolute atomic E-state index is 11.8. The zero-order chi connectivity index (χ0) is 16.9. The molecule has 0 radical (unpaired) electrons. The van der Waals surface area contributed by atoms with Crippen LogP contribution < -0.4 is 0 Å². The highest BCUT2D eigenvalue weighted by Crippen LogP contribution is 2.15. The zero-order valence-electron chi connectivity index (χ0n) is 14.0. The highest BCUT2D eigenvalue weighted by Gasteiger charge is 2.35. The molecule has 2 atom stereocenters. The van der Waals surface area contributed by atoms with Crippen LogP contribution in [0.2, 0.25) is 0 Å². The van der Waals surface area contributed by atoms with Gasteiger partial charge in [0, 0.05) is 20.7 Å². The van der Waals surface area contributed by atoms with Crippen molar-refractivity contribution in [1.29, 1.82) is 0 Å². The Bertz CT molecular complexity index is 424. The molecule has 0 spiro atoms. The Balaban J connectivity index is 2.40. The molecule has 1 aliphatic heterocycles. The molecular formula is C15H26N2O5. The van der Waals surface area contributed by atoms with E-state index in [0.29, 0.717) is 12.5 Å². The van der Waals surface area contributed by atoms with Crippen LogP contribution in [-0.2, 0) is 19.1 Å². The molecule has 1 fully saturated rings. The van der Waals surface area contributed by atoms with Crippen molar-refractivity contribution in [2.75, 3.05) is 27.3 Å². The Kier molecular flexibility index (Phi) is 6.80. The first-order chi connectivity index (χ1) is 10.2. The fourth-order valence-corrected chi connectivity index (χ4v) is 1.99. The van der Waals surface area contributed by atoms with Crippen molar-refractivity contribution in [3.05, 3.63) is 0 Å². The largest absolute Gasteiger partial charge is 0.462 e. The third-order valence-electron chi connectivity index (χ3n) is 3.73. The average Bonchev–Trinajstić information content (AvgIpc) is 2.46. The minimum Gasteiger partial charge on any atom is -0.462 e. The number of likely N-dealkylation sites (N-methyl/N-ethyl adjacent to an activating group) is 1. The second-order valence-corrected chi connectivity index (χ2v) is 6.03. The smallest absolute Gasteiger partial charge is 0.335 e. The Labute approximate surface area is 131 Å². The van der Waals surface area contributed by atoms with Gasteiger partial charge in [0.2, 0.25) is 5.91 Å². The van der Waals surface area contributed by atoms with Crippen molar-refractivity contribution in [1.82, 2.24) is 9.80 Å². The maximum Gasteiger partial charge on any atom is 0.335 e. The van der Waals surface area contributed by atoms with E-state index in [1.54, 1.807) is 14.0 Å². The molecule has 0 saturated carbocycles. The lowest BCUT2D eigenvalue weighted by atomic mass is 10.1. The Morgan fingerprint density at radius 3 is 2.50 bits per heavy atom. The number of hydrogen-bond acceptors (Lipinski definition) is 5. The van der Waals surface area contributed by atoms with Crippen LogP contribution in [0.25, 0.3) is 0 Å². The molecule has 126 valence electrons. The molecule has 2 unspecified atom stereocenters. The van der Waals surface area contributed by atoms with Crippen LogP contribution in [0.15, 0.2) is 0 Å². The number of esters is 1. The number of carbonyl (C=O) groups excluding carboxylic acids is 3. The van der Waals surface area contributed by atoms with Crippen molar-refractivity contribution < 1.29 is 23.9 Å². The molecule has 1 rings (SSSR count). The third-order valence-corrected chi connectivity index (χ3v) is 3.73. The lowest BCUT2D eigenvalue weighted by molar-refractivity contribution is -0.158. The van der Waals surface area contributed by atoms with Crippen LogP contribution in [0.1, 0.15) is 33.6 Å². The number of rotatable bonds is 7. The summed E-state index contributed by atoms with van der Waals surface area (Å²) in [4.78, 5) is 37.8. The topological polar surface area (TPSA) is 76.1 Å². The summed E-state index contributed by atoms with van der Waals surface area (Å²) in [7, 11) is 3.03. The van der Waals surface area contributed by atoms with E-state index in [1.165, 1.54) is 11.9 Å². The van der Waals surface area contributed by atoms with Gasteiger partial charge in [-0.3, -0.25) is 9.69 Å². The highest BCUT2D eigenvalue weighted by molar-refractivity contribution is 5.96. The summed E-state index contributed by atoms with van der Waals surface area (Å²) in [5.41, 5.74) is 0. The Hall–Kier alpha value is -1.63. The van der Waals surface area contributed by atoms with E-state index < -0.39 is 24.1 Å². The second kappa shape index (κ2) is 8.12. The van der Waals surface area contributed by atoms with E-state index in [2.05, 4.69) is 13.8 Å². The van der Waals surface area contributed by atoms with Crippen molar-refractivity contribution >= 4 is 17.9 Å². The SMILES string of the molecule is CC(C)CCOC(C)C(=O)OCC1CC(=O)N(C)C(=O)N1C. The lowest BCUT2D eigenvalue weighted by Gasteiger charge is -2.35. The monoisotopic (exact) mass is 314 g/mol. The zero-order valence-corrected chi connectivity index (χ0v) is 14.0. The number of nitrogens with zero attached hydrogens (tertiary/aromatic N) is 2. The first-order valence-corrected chi connectivity index (χ1v) is 7.55. The van der Waals surface area contributed by atoms with E-state index in [-0.39, 0.29) is 18.9 Å². The molecule has 1 heterocycles. The Morgan fingerprint density at radius 1 is 1.27 bits per heavy atom. The van der Waals surface area contributed by atoms with Gasteiger partial charge in [0.15, 0.2) is 6.10 Å². The van der Waals surface area contributed by atoms with Gasteiger partial charge >= 0.3 is 12.0 Å². The molecule has 1 aliphatic rings. The van der Waals surface area contributed by atoms with E-state index >= 15 is 0 Å². The number of ether oxygens (including phenoxy) is 2. The van der Waals surface area contributed by atoms with E-state index in [4.69, 9.17) is 9.47 Å². The van der Waals surface area contributed by atoms with Crippen molar-refractivity contribution in [3.8, 4) is 0 Å². The van der Waals surface area contributed by atoms with Gasteiger partial charge < -0.3 is 14.4 Å². The second-order valence-electron chi connectivity index (χ2n) is 6.03. The summed E-state index contributed by atoms with van der Waals surface area (Å²) >= 11 is 0. The quantitative estimate of drug-likeness (QED) is 0.661. The van der Waals surface area contributed by atoms with E-state index in [1.807, 2.05) is 0 Å². The Morgan fingerprint density at radius 2 is 1.91 bits per heavy atom. The molecule has 7 heteroatoms. The summed E-state index contributed by atoms with van der Waals surface area (Å²) in [6.45, 7) is 6.29. The minimum atomic E-state index is -0.651. The molecule has 3 amide bonds. The fraction of sp³-hybridized carbons (Fsp3) is 0.800. The van der Waals surface area contributed by atoms with Crippen LogP contribution in [-0.4, -0.2) is 67.2 Å². The predicted molar refractivity (Wildman–Crippen MR) is 80.2 cm³/mol. The summed E-state index contributed by atoms with van der Waals surface area (Å²) in [5, 5.41) is 0. The van der Waals surface area contributed by atoms with E-state index in [9.17, 15) is 14.4 Å². The van der Waals surface area contributed by atoms with Gasteiger partial charge in [-0.25, -0.2) is 9.59 Å². The van der Waals surface area contributed by atoms with Gasteiger partial charge in [0.25, 0.3) is 0 Å². The summed E-state index contributed by atoms with van der Waals surface area (Å²) in [6, 6.07) is -0.818. The molecule has 0 N–H and O–H groups in total. The fourth-order valence-electron chi connectivity index (χ4n) is 1.99. The van der Waals surface area contributed by atoms with Gasteiger partial charge in [-0.05, 0) is 19.3 Å². The van der Waals surface area contributed by atoms with Crippen molar-refractivity contribution in [2.24, 2.45) is 5.92 Å². The molecule has 7 nitrogen and oxygen atoms in total. The van der Waals surface area contributed by atoms with Gasteiger partial charge in [-0.1, -0.05) is 13.8 Å². The van der Waals surface area contributed by atoms with Crippen LogP contribution in [0.3, 0.4) is 0 Å². The van der Waals surface area contributed by atoms with Crippen LogP contribution in [0.4, 0.5) is 4.79 Å². The standard InChI is InChI=1S/C15H26N2O5/c1-10(2)6-7-21-11(3)14(19)22-9-12-8-13(18)17(5)15(20)16(12)4/h10-12H,6-9H2,1-5H3. The van der Waals surface area contributed by atoms with Gasteiger partial charge in [0.1, 0.15) is 6.61 Å². The minimum absolute atomic E-state index is 0.00145. The number of urea groups is 1. The summed E-state index contributed by atoms with van der Waals surface area (Å²) in [5.74, 6) is -0.241. The first-order valence-electron chi connectivity index (χ1n) is 7.55. The van der Waals surface area contributed by atoms with E-state index in [0.717, 1.165) is 11.3 Å².